The van der Waals surface area contributed by atoms with Crippen molar-refractivity contribution in [3.63, 3.8) is 0 Å². The maximum absolute atomic E-state index is 12.6. The van der Waals surface area contributed by atoms with Gasteiger partial charge in [-0.3, -0.25) is 14.6 Å². The minimum atomic E-state index is -3.49. The fourth-order valence-electron chi connectivity index (χ4n) is 4.95. The lowest BCUT2D eigenvalue weighted by Crippen LogP contribution is -2.48. The number of likely N-dealkylation sites (tertiary alicyclic amines) is 1. The molecule has 3 rings (SSSR count). The van der Waals surface area contributed by atoms with Crippen molar-refractivity contribution in [2.45, 2.75) is 57.6 Å². The van der Waals surface area contributed by atoms with Crippen molar-refractivity contribution in [3.8, 4) is 0 Å². The number of carbonyl (C=O) groups excluding carboxylic acids is 1. The fraction of sp³-hybridized carbons (Fsp3) is 0.708. The summed E-state index contributed by atoms with van der Waals surface area (Å²) in [4.78, 5) is 17.5. The predicted octanol–water partition coefficient (Wildman–Crippen LogP) is 2.48. The lowest BCUT2D eigenvalue weighted by molar-refractivity contribution is -0.117. The minimum Gasteiger partial charge on any atom is -0.373 e. The Hall–Kier alpha value is -1.52. The highest BCUT2D eigenvalue weighted by Crippen LogP contribution is 2.22. The summed E-state index contributed by atoms with van der Waals surface area (Å²) in [5.41, 5.74) is 0.615. The Morgan fingerprint density at radius 1 is 1.03 bits per heavy atom. The van der Waals surface area contributed by atoms with Crippen LogP contribution in [0.15, 0.2) is 29.2 Å². The zero-order valence-corrected chi connectivity index (χ0v) is 21.3. The summed E-state index contributed by atoms with van der Waals surface area (Å²) in [6, 6.07) is 6.43. The van der Waals surface area contributed by atoms with Gasteiger partial charge in [0.1, 0.15) is 0 Å². The molecule has 8 nitrogen and oxygen atoms in total. The van der Waals surface area contributed by atoms with E-state index in [1.165, 1.54) is 4.31 Å². The van der Waals surface area contributed by atoms with E-state index < -0.39 is 10.0 Å². The first-order valence-corrected chi connectivity index (χ1v) is 13.7. The van der Waals surface area contributed by atoms with Crippen molar-refractivity contribution < 1.29 is 17.9 Å². The number of nitrogens with zero attached hydrogens (tertiary/aromatic N) is 3. The fourth-order valence-corrected chi connectivity index (χ4v) is 6.41. The highest BCUT2D eigenvalue weighted by Gasteiger charge is 2.27. The Kier molecular flexibility index (Phi) is 9.29. The first-order valence-electron chi connectivity index (χ1n) is 12.2. The number of amides is 1. The van der Waals surface area contributed by atoms with Gasteiger partial charge in [0, 0.05) is 38.4 Å². The number of piperidine rings is 1. The maximum atomic E-state index is 12.6. The van der Waals surface area contributed by atoms with Crippen LogP contribution in [0.1, 0.15) is 40.5 Å². The monoisotopic (exact) mass is 480 g/mol. The van der Waals surface area contributed by atoms with Gasteiger partial charge in [0.25, 0.3) is 0 Å². The molecule has 0 radical (unpaired) electrons. The van der Waals surface area contributed by atoms with E-state index in [0.717, 1.165) is 45.6 Å². The van der Waals surface area contributed by atoms with E-state index in [-0.39, 0.29) is 10.8 Å². The number of rotatable bonds is 9. The van der Waals surface area contributed by atoms with Gasteiger partial charge in [-0.1, -0.05) is 13.8 Å². The number of anilines is 1. The van der Waals surface area contributed by atoms with Crippen LogP contribution in [0.25, 0.3) is 0 Å². The third-order valence-electron chi connectivity index (χ3n) is 6.57. The van der Waals surface area contributed by atoms with E-state index in [9.17, 15) is 13.2 Å². The molecule has 0 bridgehead atoms. The first-order chi connectivity index (χ1) is 15.7. The summed E-state index contributed by atoms with van der Waals surface area (Å²) in [5, 5.41) is 2.90. The Morgan fingerprint density at radius 2 is 1.61 bits per heavy atom. The van der Waals surface area contributed by atoms with E-state index in [2.05, 4.69) is 29.0 Å². The van der Waals surface area contributed by atoms with Gasteiger partial charge < -0.3 is 10.1 Å². The minimum absolute atomic E-state index is 0.0661. The molecule has 1 N–H and O–H groups in total. The van der Waals surface area contributed by atoms with E-state index in [1.807, 2.05) is 13.8 Å². The average Bonchev–Trinajstić information content (AvgIpc) is 2.75. The molecule has 0 aliphatic carbocycles. The molecule has 0 saturated carbocycles. The van der Waals surface area contributed by atoms with Gasteiger partial charge in [0.2, 0.25) is 15.9 Å². The molecule has 2 heterocycles. The molecule has 1 aromatic carbocycles. The molecule has 0 aromatic heterocycles. The number of sulfonamides is 1. The van der Waals surface area contributed by atoms with Gasteiger partial charge in [0.15, 0.2) is 0 Å². The van der Waals surface area contributed by atoms with Crippen LogP contribution in [0.5, 0.6) is 0 Å². The van der Waals surface area contributed by atoms with Crippen molar-refractivity contribution in [2.75, 3.05) is 57.7 Å². The second-order valence-electron chi connectivity index (χ2n) is 9.36. The Balaban J connectivity index is 1.43. The molecule has 1 aromatic rings. The molecule has 186 valence electrons. The van der Waals surface area contributed by atoms with Crippen molar-refractivity contribution in [2.24, 2.45) is 5.92 Å². The van der Waals surface area contributed by atoms with E-state index in [0.29, 0.717) is 43.4 Å². The number of carbonyl (C=O) groups is 1. The lowest BCUT2D eigenvalue weighted by atomic mass is 9.95. The summed E-state index contributed by atoms with van der Waals surface area (Å²) in [7, 11) is -3.49. The van der Waals surface area contributed by atoms with E-state index in [4.69, 9.17) is 4.74 Å². The predicted molar refractivity (Wildman–Crippen MR) is 131 cm³/mol. The zero-order chi connectivity index (χ0) is 24.0. The van der Waals surface area contributed by atoms with Crippen LogP contribution < -0.4 is 5.32 Å². The third kappa shape index (κ3) is 7.23. The molecule has 2 unspecified atom stereocenters. The van der Waals surface area contributed by atoms with Crippen LogP contribution in [0, 0.1) is 5.92 Å². The number of benzene rings is 1. The number of morpholine rings is 1. The summed E-state index contributed by atoms with van der Waals surface area (Å²) >= 11 is 0. The summed E-state index contributed by atoms with van der Waals surface area (Å²) in [6.45, 7) is 14.1. The maximum Gasteiger partial charge on any atom is 0.243 e. The van der Waals surface area contributed by atoms with Crippen LogP contribution >= 0.6 is 0 Å². The SMILES string of the molecule is CCN(CC)S(=O)(=O)c1ccc(NC(=O)CN2CCC(CN3CC(C)OC(C)C3)CC2)cc1. The van der Waals surface area contributed by atoms with Crippen LogP contribution in [0.4, 0.5) is 5.69 Å². The molecule has 9 heteroatoms. The quantitative estimate of drug-likeness (QED) is 0.585. The summed E-state index contributed by atoms with van der Waals surface area (Å²) in [6.07, 6.45) is 2.80. The Bertz CT molecular complexity index is 855. The molecule has 0 spiro atoms. The molecular weight excluding hydrogens is 440 g/mol. The molecule has 2 aliphatic rings. The lowest BCUT2D eigenvalue weighted by Gasteiger charge is -2.39. The van der Waals surface area contributed by atoms with Gasteiger partial charge in [-0.15, -0.1) is 0 Å². The van der Waals surface area contributed by atoms with Crippen LogP contribution in [0.3, 0.4) is 0 Å². The van der Waals surface area contributed by atoms with Gasteiger partial charge in [-0.05, 0) is 70.0 Å². The zero-order valence-electron chi connectivity index (χ0n) is 20.5. The molecule has 33 heavy (non-hydrogen) atoms. The normalized spacial score (nSPS) is 23.7. The average molecular weight is 481 g/mol. The topological polar surface area (TPSA) is 82.2 Å². The summed E-state index contributed by atoms with van der Waals surface area (Å²) < 4.78 is 32.4. The highest BCUT2D eigenvalue weighted by molar-refractivity contribution is 7.89. The Labute approximate surface area is 199 Å². The molecule has 2 atom stereocenters. The van der Waals surface area contributed by atoms with E-state index in [1.54, 1.807) is 24.3 Å². The van der Waals surface area contributed by atoms with Gasteiger partial charge in [0.05, 0.1) is 23.6 Å². The third-order valence-corrected chi connectivity index (χ3v) is 8.63. The molecule has 2 aliphatic heterocycles. The van der Waals surface area contributed by atoms with Crippen molar-refractivity contribution in [3.05, 3.63) is 24.3 Å². The number of nitrogens with one attached hydrogen (secondary N) is 1. The van der Waals surface area contributed by atoms with Crippen molar-refractivity contribution in [1.82, 2.24) is 14.1 Å². The van der Waals surface area contributed by atoms with E-state index >= 15 is 0 Å². The van der Waals surface area contributed by atoms with Crippen LogP contribution in [0.2, 0.25) is 0 Å². The highest BCUT2D eigenvalue weighted by atomic mass is 32.2. The van der Waals surface area contributed by atoms with Crippen LogP contribution in [-0.2, 0) is 19.6 Å². The van der Waals surface area contributed by atoms with Gasteiger partial charge >= 0.3 is 0 Å². The Morgan fingerprint density at radius 3 is 2.15 bits per heavy atom. The second-order valence-corrected chi connectivity index (χ2v) is 11.3. The second kappa shape index (κ2) is 11.8. The molecule has 1 amide bonds. The smallest absolute Gasteiger partial charge is 0.243 e. The standard InChI is InChI=1S/C24H40N4O4S/c1-5-28(6-2)33(30,31)23-9-7-22(8-10-23)25-24(29)18-26-13-11-21(12-14-26)17-27-15-19(3)32-20(4)16-27/h7-10,19-21H,5-6,11-18H2,1-4H3,(H,25,29). The molecule has 2 saturated heterocycles. The molecule has 2 fully saturated rings. The van der Waals surface area contributed by atoms with Gasteiger partial charge in [-0.2, -0.15) is 4.31 Å². The number of hydrogen-bond acceptors (Lipinski definition) is 6. The largest absolute Gasteiger partial charge is 0.373 e. The van der Waals surface area contributed by atoms with Crippen molar-refractivity contribution in [1.29, 1.82) is 0 Å². The molecular formula is C24H40N4O4S. The summed E-state index contributed by atoms with van der Waals surface area (Å²) in [5.74, 6) is 0.603. The number of hydrogen-bond donors (Lipinski definition) is 1. The first kappa shape index (κ1) is 26.1. The van der Waals surface area contributed by atoms with Gasteiger partial charge in [-0.25, -0.2) is 8.42 Å². The van der Waals surface area contributed by atoms with Crippen molar-refractivity contribution >= 4 is 21.6 Å². The van der Waals surface area contributed by atoms with Crippen LogP contribution in [-0.4, -0.2) is 93.0 Å². The number of ether oxygens (including phenoxy) is 1.